The summed E-state index contributed by atoms with van der Waals surface area (Å²) in [5.74, 6) is -0.982. The van der Waals surface area contributed by atoms with E-state index in [2.05, 4.69) is 0 Å². The van der Waals surface area contributed by atoms with Crippen LogP contribution in [0, 0.1) is 0 Å². The maximum absolute atomic E-state index is 12.5. The van der Waals surface area contributed by atoms with Gasteiger partial charge in [0.15, 0.2) is 18.4 Å². The van der Waals surface area contributed by atoms with E-state index in [1.165, 1.54) is 26.0 Å². The first-order chi connectivity index (χ1) is 22.2. The minimum Gasteiger partial charge on any atom is -0.506 e. The molecule has 3 aliphatic heterocycles. The van der Waals surface area contributed by atoms with Crippen molar-refractivity contribution in [1.82, 2.24) is 0 Å². The molecule has 0 spiro atoms. The smallest absolute Gasteiger partial charge is 0.229 e. The van der Waals surface area contributed by atoms with Gasteiger partial charge in [-0.1, -0.05) is 12.1 Å². The van der Waals surface area contributed by atoms with Crippen molar-refractivity contribution in [3.05, 3.63) is 35.4 Å². The van der Waals surface area contributed by atoms with Gasteiger partial charge in [-0.15, -0.1) is 0 Å². The quantitative estimate of drug-likeness (QED) is 0.117. The average molecular weight is 673 g/mol. The van der Waals surface area contributed by atoms with E-state index < -0.39 is 104 Å². The van der Waals surface area contributed by atoms with E-state index in [4.69, 9.17) is 28.4 Å². The van der Waals surface area contributed by atoms with Crippen LogP contribution in [0.3, 0.4) is 0 Å². The lowest BCUT2D eigenvalue weighted by molar-refractivity contribution is -0.344. The molecule has 3 heterocycles. The molecule has 3 fully saturated rings. The molecule has 2 aromatic rings. The number of Topliss-reactive ketones (excluding diaryl/α,β-unsaturated/α-hetero) is 1. The van der Waals surface area contributed by atoms with Crippen LogP contribution in [0.25, 0.3) is 10.8 Å². The highest BCUT2D eigenvalue weighted by molar-refractivity contribution is 6.06. The number of fused-ring (bicyclic) bond motifs is 1. The Balaban J connectivity index is 1.32. The molecule has 47 heavy (non-hydrogen) atoms. The van der Waals surface area contributed by atoms with Gasteiger partial charge in [-0.3, -0.25) is 4.79 Å². The SMILES string of the molecule is CC(=O)c1cc(CO[C@H]2OC[C@H](O[C@H]3O[C@@H](CO)[C@H](O)[C@@H](O)[C@@H]3O)[C@@H](O)[C@@H]2O)c2cccc(O[C@@H]3O[C@@H](C)[C@H](O)[C@@H](O)[C@H]3O)c2c1O. The Morgan fingerprint density at radius 2 is 1.51 bits per heavy atom. The first kappa shape index (κ1) is 35.7. The van der Waals surface area contributed by atoms with E-state index in [1.54, 1.807) is 12.1 Å². The fourth-order valence-corrected chi connectivity index (χ4v) is 5.78. The van der Waals surface area contributed by atoms with Gasteiger partial charge >= 0.3 is 0 Å². The van der Waals surface area contributed by atoms with Crippen LogP contribution >= 0.6 is 0 Å². The van der Waals surface area contributed by atoms with Crippen LogP contribution in [-0.4, -0.2) is 156 Å². The number of ether oxygens (including phenoxy) is 6. The number of phenols is 1. The average Bonchev–Trinajstić information content (AvgIpc) is 3.05. The lowest BCUT2D eigenvalue weighted by Gasteiger charge is -2.43. The summed E-state index contributed by atoms with van der Waals surface area (Å²) in [7, 11) is 0. The van der Waals surface area contributed by atoms with Crippen LogP contribution in [0.5, 0.6) is 11.5 Å². The molecule has 262 valence electrons. The number of hydrogen-bond acceptors (Lipinski definition) is 17. The van der Waals surface area contributed by atoms with E-state index in [1.807, 2.05) is 0 Å². The third kappa shape index (κ3) is 6.96. The van der Waals surface area contributed by atoms with Crippen LogP contribution < -0.4 is 4.74 Å². The molecule has 0 amide bonds. The normalized spacial score (nSPS) is 39.6. The number of rotatable bonds is 9. The summed E-state index contributed by atoms with van der Waals surface area (Å²) >= 11 is 0. The first-order valence-corrected chi connectivity index (χ1v) is 14.9. The van der Waals surface area contributed by atoms with E-state index in [9.17, 15) is 55.9 Å². The molecule has 10 N–H and O–H groups in total. The fraction of sp³-hybridized carbons (Fsp3) is 0.633. The van der Waals surface area contributed by atoms with Crippen molar-refractivity contribution in [3.8, 4) is 11.5 Å². The second-order valence-electron chi connectivity index (χ2n) is 11.8. The first-order valence-electron chi connectivity index (χ1n) is 14.9. The summed E-state index contributed by atoms with van der Waals surface area (Å²) in [6.45, 7) is 1.30. The molecule has 0 aromatic heterocycles. The third-order valence-electron chi connectivity index (χ3n) is 8.61. The molecule has 17 nitrogen and oxygen atoms in total. The molecule has 0 unspecified atom stereocenters. The Labute approximate surface area is 267 Å². The van der Waals surface area contributed by atoms with Crippen molar-refractivity contribution in [2.24, 2.45) is 0 Å². The van der Waals surface area contributed by atoms with Crippen LogP contribution in [-0.2, 0) is 30.3 Å². The lowest BCUT2D eigenvalue weighted by Crippen LogP contribution is -2.62. The number of carbonyl (C=O) groups excluding carboxylic acids is 1. The van der Waals surface area contributed by atoms with E-state index in [0.717, 1.165) is 0 Å². The van der Waals surface area contributed by atoms with E-state index in [0.29, 0.717) is 10.9 Å². The minimum absolute atomic E-state index is 0.0262. The Morgan fingerprint density at radius 1 is 0.851 bits per heavy atom. The van der Waals surface area contributed by atoms with Crippen molar-refractivity contribution in [2.45, 2.75) is 106 Å². The highest BCUT2D eigenvalue weighted by Gasteiger charge is 2.48. The van der Waals surface area contributed by atoms with Crippen molar-refractivity contribution < 1.29 is 84.3 Å². The largest absolute Gasteiger partial charge is 0.506 e. The monoisotopic (exact) mass is 672 g/mol. The Hall–Kier alpha value is -2.59. The molecule has 0 saturated carbocycles. The van der Waals surface area contributed by atoms with Gasteiger partial charge in [0.2, 0.25) is 6.29 Å². The van der Waals surface area contributed by atoms with Gasteiger partial charge in [-0.25, -0.2) is 0 Å². The van der Waals surface area contributed by atoms with Crippen molar-refractivity contribution in [2.75, 3.05) is 13.2 Å². The maximum atomic E-state index is 12.5. The van der Waals surface area contributed by atoms with Crippen molar-refractivity contribution in [3.63, 3.8) is 0 Å². The summed E-state index contributed by atoms with van der Waals surface area (Å²) in [6.07, 6.45) is -20.9. The number of benzene rings is 2. The molecule has 3 aliphatic rings. The summed E-state index contributed by atoms with van der Waals surface area (Å²) in [4.78, 5) is 12.5. The Morgan fingerprint density at radius 3 is 2.19 bits per heavy atom. The lowest BCUT2D eigenvalue weighted by atomic mass is 9.97. The zero-order chi connectivity index (χ0) is 34.3. The van der Waals surface area contributed by atoms with E-state index >= 15 is 0 Å². The van der Waals surface area contributed by atoms with Gasteiger partial charge in [0.05, 0.1) is 36.9 Å². The molecule has 0 aliphatic carbocycles. The van der Waals surface area contributed by atoms with Crippen molar-refractivity contribution in [1.29, 1.82) is 0 Å². The topological polar surface area (TPSA) is 275 Å². The number of carbonyl (C=O) groups is 1. The summed E-state index contributed by atoms with van der Waals surface area (Å²) in [6, 6.07) is 5.94. The third-order valence-corrected chi connectivity index (χ3v) is 8.61. The van der Waals surface area contributed by atoms with Gasteiger partial charge in [-0.05, 0) is 36.9 Å². The van der Waals surface area contributed by atoms with Gasteiger partial charge in [-0.2, -0.15) is 0 Å². The highest BCUT2D eigenvalue weighted by Crippen LogP contribution is 2.40. The van der Waals surface area contributed by atoms with E-state index in [-0.39, 0.29) is 29.9 Å². The predicted octanol–water partition coefficient (Wildman–Crippen LogP) is -3.27. The van der Waals surface area contributed by atoms with Gasteiger partial charge < -0.3 is 79.5 Å². The fourth-order valence-electron chi connectivity index (χ4n) is 5.78. The molecule has 0 bridgehead atoms. The van der Waals surface area contributed by atoms with Crippen molar-refractivity contribution >= 4 is 16.6 Å². The summed E-state index contributed by atoms with van der Waals surface area (Å²) in [5.41, 5.74) is 0.214. The molecule has 3 saturated heterocycles. The van der Waals surface area contributed by atoms with Crippen LogP contribution in [0.2, 0.25) is 0 Å². The molecule has 2 aromatic carbocycles. The molecule has 14 atom stereocenters. The second kappa shape index (κ2) is 14.5. The number of aliphatic hydroxyl groups is 9. The molecule has 0 radical (unpaired) electrons. The zero-order valence-corrected chi connectivity index (χ0v) is 25.3. The summed E-state index contributed by atoms with van der Waals surface area (Å²) < 4.78 is 33.5. The van der Waals surface area contributed by atoms with Crippen LogP contribution in [0.4, 0.5) is 0 Å². The Bertz CT molecular complexity index is 1400. The minimum atomic E-state index is -1.74. The Kier molecular flexibility index (Phi) is 11.0. The number of ketones is 1. The van der Waals surface area contributed by atoms with Gasteiger partial charge in [0, 0.05) is 0 Å². The molecule has 5 rings (SSSR count). The maximum Gasteiger partial charge on any atom is 0.229 e. The van der Waals surface area contributed by atoms with Crippen LogP contribution in [0.15, 0.2) is 24.3 Å². The number of hydrogen-bond donors (Lipinski definition) is 10. The standard InChI is InChI=1S/C30H40O17/c1-10(32)14-6-12(13-4-3-5-15(18(13)20(14)34)45-29-26(40)23(37)19(33)11(2)44-29)8-42-28-25(39)22(36)17(9-43-28)47-30-27(41)24(38)21(35)16(7-31)46-30/h3-6,11,16-17,19,21-31,33-41H,7-9H2,1-2H3/t11-,16-,17-,19-,21-,22+,23+,24+,25-,26+,27-,28-,29-,30+/m0/s1. The van der Waals surface area contributed by atoms with Crippen LogP contribution in [0.1, 0.15) is 29.8 Å². The van der Waals surface area contributed by atoms with Gasteiger partial charge in [0.1, 0.15) is 72.5 Å². The summed E-state index contributed by atoms with van der Waals surface area (Å²) in [5, 5.41) is 103. The molecule has 17 heteroatoms. The number of aliphatic hydroxyl groups excluding tert-OH is 9. The second-order valence-corrected chi connectivity index (χ2v) is 11.8. The molecular weight excluding hydrogens is 632 g/mol. The number of phenolic OH excluding ortho intramolecular Hbond substituents is 1. The predicted molar refractivity (Wildman–Crippen MR) is 154 cm³/mol. The zero-order valence-electron chi connectivity index (χ0n) is 25.3. The van der Waals surface area contributed by atoms with Gasteiger partial charge in [0.25, 0.3) is 0 Å². The molecular formula is C30H40O17. The number of aromatic hydroxyl groups is 1. The highest BCUT2D eigenvalue weighted by atomic mass is 16.7.